The molecule has 0 fully saturated rings. The van der Waals surface area contributed by atoms with E-state index in [1.54, 1.807) is 0 Å². The number of para-hydroxylation sites is 3. The van der Waals surface area contributed by atoms with Crippen molar-refractivity contribution >= 4 is 86.8 Å². The Morgan fingerprint density at radius 1 is 0.317 bits per heavy atom. The van der Waals surface area contributed by atoms with Crippen molar-refractivity contribution in [1.29, 1.82) is 0 Å². The molecule has 0 N–H and O–H groups in total. The number of aromatic nitrogens is 4. The number of rotatable bonds is 2. The van der Waals surface area contributed by atoms with Crippen LogP contribution in [0.2, 0.25) is 0 Å². The molecular formula is C56H32N4. The molecule has 60 heavy (non-hydrogen) atoms. The molecule has 4 heterocycles. The van der Waals surface area contributed by atoms with Gasteiger partial charge in [0.15, 0.2) is 0 Å². The molecular weight excluding hydrogens is 729 g/mol. The van der Waals surface area contributed by atoms with Crippen molar-refractivity contribution in [1.82, 2.24) is 19.1 Å². The zero-order chi connectivity index (χ0) is 39.1. The summed E-state index contributed by atoms with van der Waals surface area (Å²) >= 11 is 0. The van der Waals surface area contributed by atoms with Crippen LogP contribution in [0.4, 0.5) is 0 Å². The third kappa shape index (κ3) is 4.19. The minimum Gasteiger partial charge on any atom is -0.308 e. The fourth-order valence-electron chi connectivity index (χ4n) is 10.5. The van der Waals surface area contributed by atoms with Crippen LogP contribution in [0, 0.1) is 0 Å². The van der Waals surface area contributed by atoms with Crippen LogP contribution < -0.4 is 0 Å². The Labute approximate surface area is 343 Å². The molecule has 4 nitrogen and oxygen atoms in total. The molecule has 1 aliphatic heterocycles. The summed E-state index contributed by atoms with van der Waals surface area (Å²) in [6.07, 6.45) is 0. The van der Waals surface area contributed by atoms with Crippen molar-refractivity contribution in [2.75, 3.05) is 0 Å². The van der Waals surface area contributed by atoms with Crippen LogP contribution in [0.3, 0.4) is 0 Å². The number of hydrogen-bond donors (Lipinski definition) is 0. The van der Waals surface area contributed by atoms with Crippen LogP contribution in [0.5, 0.6) is 0 Å². The molecule has 3 aromatic heterocycles. The van der Waals surface area contributed by atoms with Gasteiger partial charge in [-0.05, 0) is 79.8 Å². The van der Waals surface area contributed by atoms with Gasteiger partial charge in [0.1, 0.15) is 0 Å². The van der Waals surface area contributed by atoms with Crippen molar-refractivity contribution in [2.24, 2.45) is 0 Å². The van der Waals surface area contributed by atoms with Gasteiger partial charge >= 0.3 is 0 Å². The van der Waals surface area contributed by atoms with E-state index in [1.807, 2.05) is 0 Å². The Morgan fingerprint density at radius 3 is 1.77 bits per heavy atom. The molecule has 0 amide bonds. The van der Waals surface area contributed by atoms with E-state index in [0.717, 1.165) is 49.4 Å². The lowest BCUT2D eigenvalue weighted by atomic mass is 9.93. The molecule has 10 aromatic carbocycles. The first-order chi connectivity index (χ1) is 29.8. The highest BCUT2D eigenvalue weighted by atomic mass is 15.2. The highest BCUT2D eigenvalue weighted by molar-refractivity contribution is 6.23. The van der Waals surface area contributed by atoms with Gasteiger partial charge in [0.25, 0.3) is 0 Å². The van der Waals surface area contributed by atoms with Crippen molar-refractivity contribution < 1.29 is 0 Å². The van der Waals surface area contributed by atoms with Crippen molar-refractivity contribution in [3.05, 3.63) is 194 Å². The predicted molar refractivity (Wildman–Crippen MR) is 251 cm³/mol. The third-order valence-electron chi connectivity index (χ3n) is 13.0. The summed E-state index contributed by atoms with van der Waals surface area (Å²) in [7, 11) is 0. The molecule has 0 bridgehead atoms. The van der Waals surface area contributed by atoms with Gasteiger partial charge < -0.3 is 4.57 Å². The maximum absolute atomic E-state index is 5.72. The van der Waals surface area contributed by atoms with Crippen LogP contribution in [0.25, 0.3) is 132 Å². The molecule has 0 saturated carbocycles. The Hall–Kier alpha value is -8.08. The van der Waals surface area contributed by atoms with Crippen LogP contribution in [-0.2, 0) is 0 Å². The minimum atomic E-state index is 0.653. The normalized spacial score (nSPS) is 12.3. The average molecular weight is 761 g/mol. The average Bonchev–Trinajstić information content (AvgIpc) is 3.77. The first-order valence-corrected chi connectivity index (χ1v) is 20.6. The van der Waals surface area contributed by atoms with E-state index in [9.17, 15) is 0 Å². The van der Waals surface area contributed by atoms with Crippen molar-refractivity contribution in [3.8, 4) is 45.1 Å². The quantitative estimate of drug-likeness (QED) is 0.165. The second-order valence-corrected chi connectivity index (χ2v) is 16.1. The molecule has 0 atom stereocenters. The fraction of sp³-hybridized carbons (Fsp3) is 0. The second-order valence-electron chi connectivity index (χ2n) is 16.1. The topological polar surface area (TPSA) is 35.6 Å². The first-order valence-electron chi connectivity index (χ1n) is 20.6. The zero-order valence-electron chi connectivity index (χ0n) is 32.3. The van der Waals surface area contributed by atoms with E-state index in [4.69, 9.17) is 9.97 Å². The Balaban J connectivity index is 1.13. The maximum Gasteiger partial charge on any atom is 0.235 e. The highest BCUT2D eigenvalue weighted by Gasteiger charge is 2.26. The first kappa shape index (κ1) is 31.9. The van der Waals surface area contributed by atoms with E-state index in [2.05, 4.69) is 203 Å². The van der Waals surface area contributed by atoms with E-state index in [0.29, 0.717) is 5.95 Å². The van der Waals surface area contributed by atoms with Gasteiger partial charge in [0.05, 0.1) is 39.0 Å². The van der Waals surface area contributed by atoms with Gasteiger partial charge in [-0.2, -0.15) is 0 Å². The molecule has 0 saturated heterocycles. The smallest absolute Gasteiger partial charge is 0.235 e. The van der Waals surface area contributed by atoms with E-state index in [-0.39, 0.29) is 0 Å². The molecule has 0 unspecified atom stereocenters. The van der Waals surface area contributed by atoms with Gasteiger partial charge in [-0.1, -0.05) is 158 Å². The van der Waals surface area contributed by atoms with Gasteiger partial charge in [-0.3, -0.25) is 4.57 Å². The maximum atomic E-state index is 5.72. The number of benzene rings is 10. The molecule has 0 aliphatic carbocycles. The molecule has 276 valence electrons. The Morgan fingerprint density at radius 2 is 0.917 bits per heavy atom. The molecule has 1 aliphatic rings. The monoisotopic (exact) mass is 760 g/mol. The van der Waals surface area contributed by atoms with Crippen LogP contribution in [0.1, 0.15) is 0 Å². The number of hydrogen-bond acceptors (Lipinski definition) is 2. The lowest BCUT2D eigenvalue weighted by molar-refractivity contribution is 1.02. The lowest BCUT2D eigenvalue weighted by Crippen LogP contribution is -2.04. The molecule has 13 aromatic rings. The van der Waals surface area contributed by atoms with Crippen molar-refractivity contribution in [2.45, 2.75) is 0 Å². The van der Waals surface area contributed by atoms with Gasteiger partial charge in [-0.15, -0.1) is 0 Å². The summed E-state index contributed by atoms with van der Waals surface area (Å²) in [4.78, 5) is 11.2. The summed E-state index contributed by atoms with van der Waals surface area (Å²) in [5.74, 6) is 0.653. The zero-order valence-corrected chi connectivity index (χ0v) is 32.3. The van der Waals surface area contributed by atoms with E-state index < -0.39 is 0 Å². The molecule has 4 heteroatoms. The second kappa shape index (κ2) is 11.8. The largest absolute Gasteiger partial charge is 0.308 e. The molecule has 14 rings (SSSR count). The van der Waals surface area contributed by atoms with Crippen LogP contribution in [0.15, 0.2) is 194 Å². The molecule has 0 radical (unpaired) electrons. The predicted octanol–water partition coefficient (Wildman–Crippen LogP) is 14.6. The summed E-state index contributed by atoms with van der Waals surface area (Å²) < 4.78 is 4.80. The summed E-state index contributed by atoms with van der Waals surface area (Å²) in [6, 6.07) is 70.7. The van der Waals surface area contributed by atoms with Crippen LogP contribution >= 0.6 is 0 Å². The number of nitrogens with zero attached hydrogens (tertiary/aromatic N) is 4. The van der Waals surface area contributed by atoms with Gasteiger partial charge in [0, 0.05) is 43.6 Å². The molecule has 0 spiro atoms. The standard InChI is InChI=1S/C56H32N4/c1-4-17-36-33(14-1)28-29-48-53(36)54(47-30-34-15-2-3-16-35(34)37-18-5-8-21-40(37)47)58-56(57-48)60-50-27-12-10-23-42(50)45-31-51-46(32-52(45)60)44-25-13-24-43-39-20-7-6-19-38(39)41-22-9-11-26-49(41)59(51)55(43)44/h1-32H. The van der Waals surface area contributed by atoms with Crippen LogP contribution in [-0.4, -0.2) is 19.1 Å². The summed E-state index contributed by atoms with van der Waals surface area (Å²) in [5, 5.41) is 12.9. The van der Waals surface area contributed by atoms with Gasteiger partial charge in [0.2, 0.25) is 5.95 Å². The highest BCUT2D eigenvalue weighted by Crippen LogP contribution is 2.48. The Bertz CT molecular complexity index is 4020. The van der Waals surface area contributed by atoms with E-state index >= 15 is 0 Å². The SMILES string of the molecule is c1ccc2c(c1)-c1ccccc1-n1c3cc4c5ccccc5n(-c5nc(-c6cc7ccccc7c7ccccc67)c6c(ccc7ccccc76)n5)c4cc3c3cccc-2c31. The summed E-state index contributed by atoms with van der Waals surface area (Å²) in [6.45, 7) is 0. The fourth-order valence-corrected chi connectivity index (χ4v) is 10.5. The van der Waals surface area contributed by atoms with E-state index in [1.165, 1.54) is 76.7 Å². The van der Waals surface area contributed by atoms with Crippen molar-refractivity contribution in [3.63, 3.8) is 0 Å². The summed E-state index contributed by atoms with van der Waals surface area (Å²) in [5.41, 5.74) is 13.7. The Kier molecular flexibility index (Phi) is 6.26. The number of fused-ring (bicyclic) bond motifs is 17. The minimum absolute atomic E-state index is 0.653. The van der Waals surface area contributed by atoms with Gasteiger partial charge in [-0.25, -0.2) is 9.97 Å². The third-order valence-corrected chi connectivity index (χ3v) is 13.0. The lowest BCUT2D eigenvalue weighted by Gasteiger charge is -2.16.